The molecule has 0 radical (unpaired) electrons. The Kier molecular flexibility index (Phi) is 7.41. The monoisotopic (exact) mass is 316 g/mol. The minimum Gasteiger partial charge on any atom is -0.351 e. The van der Waals surface area contributed by atoms with E-state index in [1.54, 1.807) is 13.8 Å². The van der Waals surface area contributed by atoms with Crippen molar-refractivity contribution in [3.63, 3.8) is 0 Å². The summed E-state index contributed by atoms with van der Waals surface area (Å²) in [7, 11) is 0. The van der Waals surface area contributed by atoms with E-state index in [1.165, 1.54) is 0 Å². The van der Waals surface area contributed by atoms with Crippen molar-refractivity contribution >= 4 is 17.5 Å². The lowest BCUT2D eigenvalue weighted by Gasteiger charge is -2.17. The van der Waals surface area contributed by atoms with Crippen LogP contribution in [0.15, 0.2) is 18.2 Å². The maximum absolute atomic E-state index is 13.4. The maximum Gasteiger partial charge on any atom is 0.313 e. The largest absolute Gasteiger partial charge is 0.351 e. The van der Waals surface area contributed by atoms with Gasteiger partial charge >= 0.3 is 11.8 Å². The molecule has 2 amide bonds. The van der Waals surface area contributed by atoms with Gasteiger partial charge in [-0.05, 0) is 26.0 Å². The van der Waals surface area contributed by atoms with E-state index in [0.29, 0.717) is 13.2 Å². The highest BCUT2D eigenvalue weighted by Crippen LogP contribution is 2.14. The SMILES string of the molecule is CCOC(CNC(=O)C(=O)Nc1cc(F)ccc1F)OCC. The van der Waals surface area contributed by atoms with E-state index in [1.807, 2.05) is 5.32 Å². The lowest BCUT2D eigenvalue weighted by atomic mass is 10.3. The van der Waals surface area contributed by atoms with Crippen molar-refractivity contribution < 1.29 is 27.8 Å². The van der Waals surface area contributed by atoms with Gasteiger partial charge in [0, 0.05) is 19.3 Å². The molecule has 0 aliphatic heterocycles. The minimum atomic E-state index is -1.11. The summed E-state index contributed by atoms with van der Waals surface area (Å²) in [6.07, 6.45) is -0.683. The number of nitrogens with one attached hydrogen (secondary N) is 2. The zero-order valence-electron chi connectivity index (χ0n) is 12.3. The molecule has 0 fully saturated rings. The van der Waals surface area contributed by atoms with Gasteiger partial charge in [0.1, 0.15) is 11.6 Å². The molecule has 0 heterocycles. The normalized spacial score (nSPS) is 10.6. The van der Waals surface area contributed by atoms with E-state index < -0.39 is 35.4 Å². The van der Waals surface area contributed by atoms with Gasteiger partial charge in [-0.15, -0.1) is 0 Å². The van der Waals surface area contributed by atoms with E-state index in [-0.39, 0.29) is 6.54 Å². The van der Waals surface area contributed by atoms with Crippen molar-refractivity contribution in [1.29, 1.82) is 0 Å². The van der Waals surface area contributed by atoms with Crippen LogP contribution in [0.2, 0.25) is 0 Å². The predicted octanol–water partition coefficient (Wildman–Crippen LogP) is 1.42. The van der Waals surface area contributed by atoms with Crippen LogP contribution in [-0.2, 0) is 19.1 Å². The fourth-order valence-electron chi connectivity index (χ4n) is 1.57. The summed E-state index contributed by atoms with van der Waals surface area (Å²) in [4.78, 5) is 23.2. The van der Waals surface area contributed by atoms with Gasteiger partial charge in [0.05, 0.1) is 12.2 Å². The smallest absolute Gasteiger partial charge is 0.313 e. The molecule has 1 rings (SSSR count). The van der Waals surface area contributed by atoms with Crippen LogP contribution in [0, 0.1) is 11.6 Å². The molecule has 0 atom stereocenters. The predicted molar refractivity (Wildman–Crippen MR) is 75.0 cm³/mol. The number of halogens is 2. The van der Waals surface area contributed by atoms with E-state index in [9.17, 15) is 18.4 Å². The molecule has 6 nitrogen and oxygen atoms in total. The Balaban J connectivity index is 2.54. The Morgan fingerprint density at radius 2 is 1.77 bits per heavy atom. The molecule has 0 aliphatic rings. The summed E-state index contributed by atoms with van der Waals surface area (Å²) in [5.41, 5.74) is -0.411. The standard InChI is InChI=1S/C14H18F2N2O4/c1-3-21-12(22-4-2)8-17-13(19)14(20)18-11-7-9(15)5-6-10(11)16/h5-7,12H,3-4,8H2,1-2H3,(H,17,19)(H,18,20). The summed E-state index contributed by atoms with van der Waals surface area (Å²) < 4.78 is 36.7. The molecule has 122 valence electrons. The zero-order chi connectivity index (χ0) is 16.5. The second kappa shape index (κ2) is 9.06. The van der Waals surface area contributed by atoms with E-state index >= 15 is 0 Å². The second-order valence-electron chi connectivity index (χ2n) is 4.13. The summed E-state index contributed by atoms with van der Waals surface area (Å²) in [6.45, 7) is 4.22. The number of hydrogen-bond donors (Lipinski definition) is 2. The Morgan fingerprint density at radius 3 is 2.36 bits per heavy atom. The molecular formula is C14H18F2N2O4. The zero-order valence-corrected chi connectivity index (χ0v) is 12.3. The van der Waals surface area contributed by atoms with Gasteiger partial charge in [0.2, 0.25) is 0 Å². The molecule has 0 saturated carbocycles. The number of carbonyl (C=O) groups is 2. The molecular weight excluding hydrogens is 298 g/mol. The Morgan fingerprint density at radius 1 is 1.14 bits per heavy atom. The summed E-state index contributed by atoms with van der Waals surface area (Å²) in [5.74, 6) is -3.70. The molecule has 1 aromatic rings. The number of ether oxygens (including phenoxy) is 2. The number of rotatable bonds is 7. The van der Waals surface area contributed by atoms with Crippen molar-refractivity contribution in [2.75, 3.05) is 25.1 Å². The van der Waals surface area contributed by atoms with Gasteiger partial charge in [0.25, 0.3) is 0 Å². The molecule has 2 N–H and O–H groups in total. The van der Waals surface area contributed by atoms with Crippen LogP contribution < -0.4 is 10.6 Å². The highest BCUT2D eigenvalue weighted by atomic mass is 19.1. The van der Waals surface area contributed by atoms with Gasteiger partial charge in [-0.1, -0.05) is 0 Å². The number of amides is 2. The van der Waals surface area contributed by atoms with E-state index in [4.69, 9.17) is 9.47 Å². The third-order valence-electron chi connectivity index (χ3n) is 2.52. The number of anilines is 1. The second-order valence-corrected chi connectivity index (χ2v) is 4.13. The van der Waals surface area contributed by atoms with Crippen LogP contribution in [-0.4, -0.2) is 37.9 Å². The number of hydrogen-bond acceptors (Lipinski definition) is 4. The van der Waals surface area contributed by atoms with Crippen LogP contribution in [0.25, 0.3) is 0 Å². The van der Waals surface area contributed by atoms with Gasteiger partial charge in [-0.3, -0.25) is 9.59 Å². The van der Waals surface area contributed by atoms with Crippen molar-refractivity contribution in [3.8, 4) is 0 Å². The molecule has 0 unspecified atom stereocenters. The van der Waals surface area contributed by atoms with Crippen LogP contribution in [0.3, 0.4) is 0 Å². The van der Waals surface area contributed by atoms with Crippen molar-refractivity contribution in [2.24, 2.45) is 0 Å². The summed E-state index contributed by atoms with van der Waals surface area (Å²) in [6, 6.07) is 2.53. The average Bonchev–Trinajstić information content (AvgIpc) is 2.48. The Hall–Kier alpha value is -2.06. The van der Waals surface area contributed by atoms with Gasteiger partial charge in [0.15, 0.2) is 6.29 Å². The van der Waals surface area contributed by atoms with Crippen molar-refractivity contribution in [3.05, 3.63) is 29.8 Å². The Bertz CT molecular complexity index is 520. The van der Waals surface area contributed by atoms with Gasteiger partial charge < -0.3 is 20.1 Å². The lowest BCUT2D eigenvalue weighted by molar-refractivity contribution is -0.145. The van der Waals surface area contributed by atoms with E-state index in [2.05, 4.69) is 5.32 Å². The quantitative estimate of drug-likeness (QED) is 0.589. The molecule has 22 heavy (non-hydrogen) atoms. The highest BCUT2D eigenvalue weighted by Gasteiger charge is 2.18. The topological polar surface area (TPSA) is 76.7 Å². The van der Waals surface area contributed by atoms with Crippen molar-refractivity contribution in [1.82, 2.24) is 5.32 Å². The lowest BCUT2D eigenvalue weighted by Crippen LogP contribution is -2.41. The van der Waals surface area contributed by atoms with Crippen molar-refractivity contribution in [2.45, 2.75) is 20.1 Å². The summed E-state index contributed by atoms with van der Waals surface area (Å²) >= 11 is 0. The van der Waals surface area contributed by atoms with E-state index in [0.717, 1.165) is 18.2 Å². The summed E-state index contributed by atoms with van der Waals surface area (Å²) in [5, 5.41) is 4.28. The molecule has 0 bridgehead atoms. The third kappa shape index (κ3) is 5.74. The molecule has 0 spiro atoms. The molecule has 1 aromatic carbocycles. The first-order chi connectivity index (χ1) is 10.5. The first-order valence-corrected chi connectivity index (χ1v) is 6.75. The molecule has 0 saturated heterocycles. The van der Waals surface area contributed by atoms with Gasteiger partial charge in [-0.25, -0.2) is 8.78 Å². The fraction of sp³-hybridized carbons (Fsp3) is 0.429. The van der Waals surface area contributed by atoms with Crippen LogP contribution in [0.5, 0.6) is 0 Å². The Labute approximate surface area is 126 Å². The average molecular weight is 316 g/mol. The van der Waals surface area contributed by atoms with Crippen LogP contribution in [0.1, 0.15) is 13.8 Å². The maximum atomic E-state index is 13.4. The number of carbonyl (C=O) groups excluding carboxylic acids is 2. The van der Waals surface area contributed by atoms with Crippen LogP contribution in [0.4, 0.5) is 14.5 Å². The third-order valence-corrected chi connectivity index (χ3v) is 2.52. The highest BCUT2D eigenvalue weighted by molar-refractivity contribution is 6.39. The molecule has 0 aliphatic carbocycles. The molecule has 8 heteroatoms. The number of benzene rings is 1. The van der Waals surface area contributed by atoms with Crippen LogP contribution >= 0.6 is 0 Å². The first-order valence-electron chi connectivity index (χ1n) is 6.75. The first kappa shape index (κ1) is 18.0. The van der Waals surface area contributed by atoms with Gasteiger partial charge in [-0.2, -0.15) is 0 Å². The molecule has 0 aromatic heterocycles. The fourth-order valence-corrected chi connectivity index (χ4v) is 1.57. The minimum absolute atomic E-state index is 0.0421.